The molecule has 0 aliphatic rings. The van der Waals surface area contributed by atoms with Crippen molar-refractivity contribution in [3.8, 4) is 0 Å². The second-order valence-corrected chi connectivity index (χ2v) is 5.46. The summed E-state index contributed by atoms with van der Waals surface area (Å²) in [6, 6.07) is 15.3. The van der Waals surface area contributed by atoms with E-state index in [1.165, 1.54) is 5.56 Å². The van der Waals surface area contributed by atoms with E-state index in [-0.39, 0.29) is 5.91 Å². The van der Waals surface area contributed by atoms with Gasteiger partial charge in [-0.1, -0.05) is 54.9 Å². The molecule has 1 unspecified atom stereocenters. The highest BCUT2D eigenvalue weighted by Crippen LogP contribution is 2.22. The van der Waals surface area contributed by atoms with Crippen molar-refractivity contribution in [1.29, 1.82) is 0 Å². The van der Waals surface area contributed by atoms with Gasteiger partial charge in [0, 0.05) is 6.54 Å². The Kier molecular flexibility index (Phi) is 5.23. The van der Waals surface area contributed by atoms with Crippen molar-refractivity contribution >= 4 is 23.2 Å². The van der Waals surface area contributed by atoms with E-state index in [4.69, 9.17) is 17.3 Å². The number of nitrogens with one attached hydrogen (secondary N) is 1. The molecule has 0 saturated heterocycles. The van der Waals surface area contributed by atoms with Crippen LogP contribution in [0.1, 0.15) is 35.2 Å². The number of carbonyl (C=O) groups excluding carboxylic acids is 1. The molecule has 0 spiro atoms. The third-order valence-corrected chi connectivity index (χ3v) is 3.86. The molecule has 2 aromatic carbocycles. The Morgan fingerprint density at radius 1 is 1.19 bits per heavy atom. The van der Waals surface area contributed by atoms with Gasteiger partial charge in [-0.25, -0.2) is 0 Å². The van der Waals surface area contributed by atoms with Crippen molar-refractivity contribution in [1.82, 2.24) is 5.32 Å². The molecule has 3 N–H and O–H groups in total. The fourth-order valence-electron chi connectivity index (χ4n) is 2.18. The molecule has 0 aliphatic heterocycles. The summed E-state index contributed by atoms with van der Waals surface area (Å²) in [7, 11) is 0. The summed E-state index contributed by atoms with van der Waals surface area (Å²) >= 11 is 5.92. The largest absolute Gasteiger partial charge is 0.397 e. The first kappa shape index (κ1) is 15.4. The lowest BCUT2D eigenvalue weighted by Gasteiger charge is -2.13. The molecule has 110 valence electrons. The minimum Gasteiger partial charge on any atom is -0.397 e. The third-order valence-electron chi connectivity index (χ3n) is 3.53. The number of nitrogens with two attached hydrogens (primary N) is 1. The van der Waals surface area contributed by atoms with E-state index >= 15 is 0 Å². The highest BCUT2D eigenvalue weighted by molar-refractivity contribution is 6.33. The Morgan fingerprint density at radius 3 is 2.62 bits per heavy atom. The molecular weight excluding hydrogens is 284 g/mol. The van der Waals surface area contributed by atoms with Crippen LogP contribution in [0.15, 0.2) is 48.5 Å². The zero-order valence-electron chi connectivity index (χ0n) is 12.0. The van der Waals surface area contributed by atoms with Gasteiger partial charge in [-0.2, -0.15) is 0 Å². The molecule has 0 heterocycles. The van der Waals surface area contributed by atoms with Crippen molar-refractivity contribution < 1.29 is 4.79 Å². The fraction of sp³-hybridized carbons (Fsp3) is 0.235. The third kappa shape index (κ3) is 3.99. The van der Waals surface area contributed by atoms with Crippen LogP contribution in [0.5, 0.6) is 0 Å². The summed E-state index contributed by atoms with van der Waals surface area (Å²) in [4.78, 5) is 12.1. The van der Waals surface area contributed by atoms with Crippen LogP contribution in [-0.4, -0.2) is 12.5 Å². The van der Waals surface area contributed by atoms with E-state index in [1.54, 1.807) is 18.2 Å². The summed E-state index contributed by atoms with van der Waals surface area (Å²) in [5.74, 6) is 0.207. The lowest BCUT2D eigenvalue weighted by Crippen LogP contribution is -2.26. The number of anilines is 1. The molecule has 3 nitrogen and oxygen atoms in total. The molecule has 0 radical (unpaired) electrons. The molecule has 0 aromatic heterocycles. The number of hydrogen-bond acceptors (Lipinski definition) is 2. The topological polar surface area (TPSA) is 55.1 Å². The average molecular weight is 303 g/mol. The molecule has 2 aromatic rings. The van der Waals surface area contributed by atoms with Gasteiger partial charge in [0.1, 0.15) is 0 Å². The van der Waals surface area contributed by atoms with Crippen LogP contribution >= 0.6 is 11.6 Å². The quantitative estimate of drug-likeness (QED) is 0.824. The van der Waals surface area contributed by atoms with Gasteiger partial charge < -0.3 is 11.1 Å². The maximum atomic E-state index is 12.1. The molecule has 0 fully saturated rings. The monoisotopic (exact) mass is 302 g/mol. The molecule has 2 rings (SSSR count). The average Bonchev–Trinajstić information content (AvgIpc) is 2.50. The first-order valence-electron chi connectivity index (χ1n) is 6.96. The van der Waals surface area contributed by atoms with Gasteiger partial charge in [0.15, 0.2) is 0 Å². The Bertz CT molecular complexity index is 613. The van der Waals surface area contributed by atoms with Gasteiger partial charge in [0.2, 0.25) is 0 Å². The number of hydrogen-bond donors (Lipinski definition) is 2. The minimum atomic E-state index is -0.185. The van der Waals surface area contributed by atoms with Gasteiger partial charge in [0.25, 0.3) is 5.91 Å². The molecule has 4 heteroatoms. The van der Waals surface area contributed by atoms with Crippen LogP contribution in [0.25, 0.3) is 0 Å². The Morgan fingerprint density at radius 2 is 1.90 bits per heavy atom. The first-order valence-corrected chi connectivity index (χ1v) is 7.34. The number of carbonyl (C=O) groups is 1. The molecule has 0 bridgehead atoms. The number of benzene rings is 2. The predicted octanol–water partition coefficient (Wildman–Crippen LogP) is 3.85. The summed E-state index contributed by atoms with van der Waals surface area (Å²) in [5.41, 5.74) is 7.84. The van der Waals surface area contributed by atoms with E-state index in [9.17, 15) is 4.79 Å². The molecule has 0 aliphatic carbocycles. The number of amides is 1. The summed E-state index contributed by atoms with van der Waals surface area (Å²) in [6.07, 6.45) is 0.871. The second-order valence-electron chi connectivity index (χ2n) is 5.06. The minimum absolute atomic E-state index is 0.185. The van der Waals surface area contributed by atoms with Crippen LogP contribution in [0.4, 0.5) is 5.69 Å². The number of halogens is 1. The molecule has 21 heavy (non-hydrogen) atoms. The van der Waals surface area contributed by atoms with Crippen molar-refractivity contribution in [2.75, 3.05) is 12.3 Å². The Labute approximate surface area is 130 Å². The first-order chi connectivity index (χ1) is 10.1. The van der Waals surface area contributed by atoms with E-state index in [2.05, 4.69) is 24.4 Å². The maximum absolute atomic E-state index is 12.1. The smallest absolute Gasteiger partial charge is 0.253 e. The van der Waals surface area contributed by atoms with E-state index in [0.717, 1.165) is 6.42 Å². The summed E-state index contributed by atoms with van der Waals surface area (Å²) < 4.78 is 0. The zero-order chi connectivity index (χ0) is 15.2. The lowest BCUT2D eigenvalue weighted by molar-refractivity contribution is 0.0953. The van der Waals surface area contributed by atoms with Crippen molar-refractivity contribution in [3.05, 3.63) is 64.7 Å². The van der Waals surface area contributed by atoms with Gasteiger partial charge >= 0.3 is 0 Å². The van der Waals surface area contributed by atoms with Gasteiger partial charge in [-0.3, -0.25) is 4.79 Å². The normalized spacial score (nSPS) is 11.9. The SMILES string of the molecule is CC(CCNC(=O)c1cccc(Cl)c1N)c1ccccc1. The van der Waals surface area contributed by atoms with Crippen LogP contribution in [-0.2, 0) is 0 Å². The number of nitrogen functional groups attached to an aromatic ring is 1. The predicted molar refractivity (Wildman–Crippen MR) is 87.7 cm³/mol. The van der Waals surface area contributed by atoms with E-state index < -0.39 is 0 Å². The molecule has 1 atom stereocenters. The lowest BCUT2D eigenvalue weighted by atomic mass is 9.98. The van der Waals surface area contributed by atoms with E-state index in [1.807, 2.05) is 18.2 Å². The van der Waals surface area contributed by atoms with Crippen LogP contribution in [0.2, 0.25) is 5.02 Å². The number of rotatable bonds is 5. The standard InChI is InChI=1S/C17H19ClN2O/c1-12(13-6-3-2-4-7-13)10-11-20-17(21)14-8-5-9-15(18)16(14)19/h2-9,12H,10-11,19H2,1H3,(H,20,21). The Balaban J connectivity index is 1.89. The van der Waals surface area contributed by atoms with Crippen molar-refractivity contribution in [2.24, 2.45) is 0 Å². The summed E-state index contributed by atoms with van der Waals surface area (Å²) in [6.45, 7) is 2.75. The second kappa shape index (κ2) is 7.14. The zero-order valence-corrected chi connectivity index (χ0v) is 12.7. The highest BCUT2D eigenvalue weighted by atomic mass is 35.5. The van der Waals surface area contributed by atoms with Crippen LogP contribution in [0, 0.1) is 0 Å². The van der Waals surface area contributed by atoms with E-state index in [0.29, 0.717) is 28.7 Å². The molecule has 1 amide bonds. The van der Waals surface area contributed by atoms with Crippen molar-refractivity contribution in [3.63, 3.8) is 0 Å². The molecular formula is C17H19ClN2O. The maximum Gasteiger partial charge on any atom is 0.253 e. The van der Waals surface area contributed by atoms with Crippen LogP contribution in [0.3, 0.4) is 0 Å². The Hall–Kier alpha value is -2.00. The summed E-state index contributed by atoms with van der Waals surface area (Å²) in [5, 5.41) is 3.29. The molecule has 0 saturated carbocycles. The number of para-hydroxylation sites is 1. The van der Waals surface area contributed by atoms with Crippen LogP contribution < -0.4 is 11.1 Å². The highest BCUT2D eigenvalue weighted by Gasteiger charge is 2.12. The van der Waals surface area contributed by atoms with Gasteiger partial charge in [0.05, 0.1) is 16.3 Å². The van der Waals surface area contributed by atoms with Crippen molar-refractivity contribution in [2.45, 2.75) is 19.3 Å². The van der Waals surface area contributed by atoms with Gasteiger partial charge in [-0.15, -0.1) is 0 Å². The van der Waals surface area contributed by atoms with Gasteiger partial charge in [-0.05, 0) is 30.0 Å². The fourth-order valence-corrected chi connectivity index (χ4v) is 2.36.